The molecule has 1 N–H and O–H groups in total. The van der Waals surface area contributed by atoms with E-state index in [0.717, 1.165) is 24.2 Å². The maximum absolute atomic E-state index is 12.0. The lowest BCUT2D eigenvalue weighted by atomic mass is 9.93. The van der Waals surface area contributed by atoms with Crippen LogP contribution in [0.2, 0.25) is 0 Å². The zero-order valence-corrected chi connectivity index (χ0v) is 12.6. The Morgan fingerprint density at radius 1 is 1.40 bits per heavy atom. The summed E-state index contributed by atoms with van der Waals surface area (Å²) in [6, 6.07) is 7.88. The molecule has 108 valence electrons. The molecule has 3 atom stereocenters. The van der Waals surface area contributed by atoms with Gasteiger partial charge >= 0.3 is 5.97 Å². The highest BCUT2D eigenvalue weighted by atomic mass is 16.7. The Kier molecular flexibility index (Phi) is 4.55. The van der Waals surface area contributed by atoms with Gasteiger partial charge in [-0.15, -0.1) is 0 Å². The molecule has 0 aromatic heterocycles. The van der Waals surface area contributed by atoms with Crippen LogP contribution in [0.5, 0.6) is 0 Å². The number of benzene rings is 1. The molecule has 0 aliphatic carbocycles. The Morgan fingerprint density at radius 2 is 2.15 bits per heavy atom. The number of carbonyl (C=O) groups excluding carboxylic acids is 1. The first-order valence-electron chi connectivity index (χ1n) is 7.14. The highest BCUT2D eigenvalue weighted by Crippen LogP contribution is 2.10. The Hall–Kier alpha value is -1.68. The van der Waals surface area contributed by atoms with E-state index in [4.69, 9.17) is 4.84 Å². The molecule has 1 saturated heterocycles. The van der Waals surface area contributed by atoms with Gasteiger partial charge in [-0.1, -0.05) is 29.8 Å². The molecule has 2 rings (SSSR count). The molecule has 1 aliphatic heterocycles. The molecule has 0 saturated carbocycles. The lowest BCUT2D eigenvalue weighted by molar-refractivity contribution is -0.908. The number of likely N-dealkylation sites (tertiary alicyclic amines) is 1. The van der Waals surface area contributed by atoms with E-state index in [2.05, 4.69) is 26.1 Å². The van der Waals surface area contributed by atoms with Crippen molar-refractivity contribution < 1.29 is 14.5 Å². The Bertz CT molecular complexity index is 525. The van der Waals surface area contributed by atoms with Crippen LogP contribution in [0.4, 0.5) is 0 Å². The van der Waals surface area contributed by atoms with Crippen LogP contribution in [0.1, 0.15) is 36.2 Å². The molecule has 20 heavy (non-hydrogen) atoms. The van der Waals surface area contributed by atoms with Gasteiger partial charge in [0, 0.05) is 12.3 Å². The van der Waals surface area contributed by atoms with E-state index in [-0.39, 0.29) is 5.97 Å². The molecule has 4 nitrogen and oxygen atoms in total. The molecule has 1 aromatic carbocycles. The second kappa shape index (κ2) is 6.18. The molecule has 0 amide bonds. The van der Waals surface area contributed by atoms with E-state index < -0.39 is 0 Å². The quantitative estimate of drug-likeness (QED) is 0.656. The van der Waals surface area contributed by atoms with Crippen molar-refractivity contribution in [2.24, 2.45) is 11.1 Å². The maximum atomic E-state index is 12.0. The van der Waals surface area contributed by atoms with Crippen molar-refractivity contribution in [3.8, 4) is 0 Å². The predicted molar refractivity (Wildman–Crippen MR) is 79.0 cm³/mol. The third-order valence-corrected chi connectivity index (χ3v) is 4.05. The number of nitrogens with one attached hydrogen (secondary N) is 1. The lowest BCUT2D eigenvalue weighted by Gasteiger charge is -2.31. The van der Waals surface area contributed by atoms with Gasteiger partial charge < -0.3 is 9.74 Å². The minimum absolute atomic E-state index is 0.358. The van der Waals surface area contributed by atoms with Crippen LogP contribution in [-0.4, -0.2) is 31.3 Å². The van der Waals surface area contributed by atoms with Gasteiger partial charge in [0.05, 0.1) is 30.9 Å². The number of hydrogen-bond donors (Lipinski definition) is 1. The smallest absolute Gasteiger partial charge is 0.334 e. The van der Waals surface area contributed by atoms with Crippen molar-refractivity contribution in [1.82, 2.24) is 0 Å². The van der Waals surface area contributed by atoms with Gasteiger partial charge in [-0.3, -0.25) is 0 Å². The first-order valence-corrected chi connectivity index (χ1v) is 7.14. The fourth-order valence-electron chi connectivity index (χ4n) is 2.54. The van der Waals surface area contributed by atoms with Gasteiger partial charge in [0.15, 0.2) is 0 Å². The molecular weight excluding hydrogens is 252 g/mol. The van der Waals surface area contributed by atoms with Crippen molar-refractivity contribution in [2.45, 2.75) is 33.2 Å². The number of hydrogen-bond acceptors (Lipinski definition) is 3. The Balaban J connectivity index is 2.03. The van der Waals surface area contributed by atoms with Crippen molar-refractivity contribution in [1.29, 1.82) is 0 Å². The SMILES string of the molecule is Cc1cccc(C(=O)O/N=C2\C[C@H](C)[NH+](C)C[C@H]2C)c1. The average molecular weight is 275 g/mol. The van der Waals surface area contributed by atoms with Gasteiger partial charge in [0.25, 0.3) is 0 Å². The molecule has 0 radical (unpaired) electrons. The molecule has 1 unspecified atom stereocenters. The molecule has 4 heteroatoms. The second-order valence-electron chi connectivity index (χ2n) is 5.89. The fourth-order valence-corrected chi connectivity index (χ4v) is 2.54. The Labute approximate surface area is 120 Å². The summed E-state index contributed by atoms with van der Waals surface area (Å²) in [5.74, 6) is -0.0242. The lowest BCUT2D eigenvalue weighted by Crippen LogP contribution is -3.14. The topological polar surface area (TPSA) is 43.1 Å². The molecule has 0 spiro atoms. The average Bonchev–Trinajstić information content (AvgIpc) is 2.41. The summed E-state index contributed by atoms with van der Waals surface area (Å²) in [6.45, 7) is 7.31. The van der Waals surface area contributed by atoms with E-state index in [1.807, 2.05) is 25.1 Å². The molecule has 1 heterocycles. The van der Waals surface area contributed by atoms with Gasteiger partial charge in [-0.25, -0.2) is 4.79 Å². The van der Waals surface area contributed by atoms with Crippen LogP contribution in [0.3, 0.4) is 0 Å². The summed E-state index contributed by atoms with van der Waals surface area (Å²) in [4.78, 5) is 18.6. The summed E-state index contributed by atoms with van der Waals surface area (Å²) in [5.41, 5.74) is 2.58. The molecule has 0 bridgehead atoms. The first-order chi connectivity index (χ1) is 9.47. The minimum atomic E-state index is -0.382. The van der Waals surface area contributed by atoms with E-state index >= 15 is 0 Å². The van der Waals surface area contributed by atoms with Gasteiger partial charge in [0.2, 0.25) is 0 Å². The van der Waals surface area contributed by atoms with Crippen LogP contribution in [0.25, 0.3) is 0 Å². The molecule has 1 aliphatic rings. The largest absolute Gasteiger partial charge is 0.365 e. The van der Waals surface area contributed by atoms with E-state index in [0.29, 0.717) is 17.5 Å². The number of piperidine rings is 1. The third-order valence-electron chi connectivity index (χ3n) is 4.05. The van der Waals surface area contributed by atoms with Crippen molar-refractivity contribution in [2.75, 3.05) is 13.6 Å². The van der Waals surface area contributed by atoms with Crippen LogP contribution < -0.4 is 4.90 Å². The standard InChI is InChI=1S/C16H22N2O2/c1-11-6-5-7-14(8-11)16(19)20-17-15-9-13(3)18(4)10-12(15)2/h5-8,12-13H,9-10H2,1-4H3/p+1/b17-15+/t12-,13+/m1/s1. The first kappa shape index (κ1) is 14.7. The maximum Gasteiger partial charge on any atom is 0.365 e. The minimum Gasteiger partial charge on any atom is -0.334 e. The summed E-state index contributed by atoms with van der Waals surface area (Å²) in [5, 5.41) is 4.11. The predicted octanol–water partition coefficient (Wildman–Crippen LogP) is 1.45. The van der Waals surface area contributed by atoms with Crippen LogP contribution in [0, 0.1) is 12.8 Å². The number of carbonyl (C=O) groups is 1. The summed E-state index contributed by atoms with van der Waals surface area (Å²) < 4.78 is 0. The van der Waals surface area contributed by atoms with Gasteiger partial charge in [-0.05, 0) is 26.0 Å². The highest BCUT2D eigenvalue weighted by molar-refractivity contribution is 5.91. The van der Waals surface area contributed by atoms with E-state index in [9.17, 15) is 4.79 Å². The van der Waals surface area contributed by atoms with Crippen LogP contribution in [0.15, 0.2) is 29.4 Å². The third kappa shape index (κ3) is 3.45. The van der Waals surface area contributed by atoms with E-state index in [1.54, 1.807) is 6.07 Å². The summed E-state index contributed by atoms with van der Waals surface area (Å²) in [6.07, 6.45) is 0.883. The monoisotopic (exact) mass is 275 g/mol. The Morgan fingerprint density at radius 3 is 2.85 bits per heavy atom. The number of quaternary nitrogens is 1. The van der Waals surface area contributed by atoms with Crippen LogP contribution in [-0.2, 0) is 4.84 Å². The van der Waals surface area contributed by atoms with Crippen molar-refractivity contribution in [3.63, 3.8) is 0 Å². The summed E-state index contributed by atoms with van der Waals surface area (Å²) >= 11 is 0. The molecule has 1 aromatic rings. The summed E-state index contributed by atoms with van der Waals surface area (Å²) in [7, 11) is 2.19. The highest BCUT2D eigenvalue weighted by Gasteiger charge is 2.29. The second-order valence-corrected chi connectivity index (χ2v) is 5.89. The number of oxime groups is 1. The van der Waals surface area contributed by atoms with E-state index in [1.165, 1.54) is 4.90 Å². The van der Waals surface area contributed by atoms with Gasteiger partial charge in [0.1, 0.15) is 0 Å². The number of aryl methyl sites for hydroxylation is 1. The number of nitrogens with zero attached hydrogens (tertiary/aromatic N) is 1. The molecular formula is C16H23N2O2+. The van der Waals surface area contributed by atoms with Crippen molar-refractivity contribution >= 4 is 11.7 Å². The zero-order valence-electron chi connectivity index (χ0n) is 12.6. The normalized spacial score (nSPS) is 28.4. The van der Waals surface area contributed by atoms with Gasteiger partial charge in [-0.2, -0.15) is 0 Å². The number of rotatable bonds is 2. The fraction of sp³-hybridized carbons (Fsp3) is 0.500. The van der Waals surface area contributed by atoms with Crippen molar-refractivity contribution in [3.05, 3.63) is 35.4 Å². The molecule has 1 fully saturated rings. The zero-order chi connectivity index (χ0) is 14.7. The van der Waals surface area contributed by atoms with Crippen LogP contribution >= 0.6 is 0 Å².